The number of aromatic nitrogens is 3. The Balaban J connectivity index is 1.96. The maximum absolute atomic E-state index is 13.0. The number of hydrogen-bond donors (Lipinski definition) is 0. The zero-order valence-electron chi connectivity index (χ0n) is 13.0. The van der Waals surface area contributed by atoms with Crippen LogP contribution in [0.25, 0.3) is 11.0 Å². The summed E-state index contributed by atoms with van der Waals surface area (Å²) in [5.74, 6) is 0. The van der Waals surface area contributed by atoms with E-state index in [9.17, 15) is 8.42 Å². The van der Waals surface area contributed by atoms with Crippen LogP contribution in [-0.2, 0) is 14.8 Å². The minimum absolute atomic E-state index is 0.0151. The molecule has 0 fully saturated rings. The monoisotopic (exact) mass is 341 g/mol. The Morgan fingerprint density at radius 3 is 2.71 bits per heavy atom. The zero-order chi connectivity index (χ0) is 16.7. The van der Waals surface area contributed by atoms with Crippen molar-refractivity contribution in [3.63, 3.8) is 0 Å². The van der Waals surface area contributed by atoms with E-state index in [0.717, 1.165) is 16.5 Å². The fourth-order valence-corrected chi connectivity index (χ4v) is 4.17. The van der Waals surface area contributed by atoms with Gasteiger partial charge in [-0.05, 0) is 36.8 Å². The number of ether oxygens (including phenoxy) is 1. The highest BCUT2D eigenvalue weighted by atomic mass is 32.2. The summed E-state index contributed by atoms with van der Waals surface area (Å²) in [5, 5.41) is 0.746. The lowest BCUT2D eigenvalue weighted by molar-refractivity contribution is 0.124. The lowest BCUT2D eigenvalue weighted by Crippen LogP contribution is -2.14. The van der Waals surface area contributed by atoms with Gasteiger partial charge in [-0.2, -0.15) is 8.42 Å². The van der Waals surface area contributed by atoms with E-state index in [0.29, 0.717) is 12.3 Å². The standard InChI is InChI=1S/C17H15N3O3S/c1-12-7-10-23-16(12)14-11-20(17-13(14)5-4-9-19-17)24(21,22)15-6-2-3-8-18-15/h2-9,11,16H,10H2,1H3. The molecule has 0 saturated heterocycles. The number of hydrogen-bond acceptors (Lipinski definition) is 5. The Morgan fingerprint density at radius 1 is 1.17 bits per heavy atom. The first-order valence-corrected chi connectivity index (χ1v) is 8.94. The van der Waals surface area contributed by atoms with Crippen LogP contribution >= 0.6 is 0 Å². The van der Waals surface area contributed by atoms with E-state index in [-0.39, 0.29) is 11.1 Å². The summed E-state index contributed by atoms with van der Waals surface area (Å²) in [4.78, 5) is 8.25. The van der Waals surface area contributed by atoms with Gasteiger partial charge in [-0.25, -0.2) is 13.9 Å². The predicted molar refractivity (Wildman–Crippen MR) is 89.0 cm³/mol. The maximum Gasteiger partial charge on any atom is 0.286 e. The molecule has 3 aromatic rings. The first-order chi connectivity index (χ1) is 11.6. The molecule has 4 heterocycles. The molecule has 6 nitrogen and oxygen atoms in total. The maximum atomic E-state index is 13.0. The lowest BCUT2D eigenvalue weighted by Gasteiger charge is -2.10. The first-order valence-electron chi connectivity index (χ1n) is 7.50. The average Bonchev–Trinajstić information content (AvgIpc) is 3.19. The third-order valence-electron chi connectivity index (χ3n) is 4.09. The van der Waals surface area contributed by atoms with Gasteiger partial charge >= 0.3 is 0 Å². The van der Waals surface area contributed by atoms with Crippen molar-refractivity contribution in [2.45, 2.75) is 18.1 Å². The molecule has 3 aromatic heterocycles. The van der Waals surface area contributed by atoms with Gasteiger partial charge in [0.15, 0.2) is 10.7 Å². The van der Waals surface area contributed by atoms with Gasteiger partial charge in [0.25, 0.3) is 10.0 Å². The van der Waals surface area contributed by atoms with Crippen LogP contribution in [-0.4, -0.2) is 29.0 Å². The van der Waals surface area contributed by atoms with Gasteiger partial charge < -0.3 is 4.74 Å². The number of pyridine rings is 2. The van der Waals surface area contributed by atoms with Gasteiger partial charge in [-0.1, -0.05) is 12.1 Å². The molecule has 24 heavy (non-hydrogen) atoms. The largest absolute Gasteiger partial charge is 0.365 e. The Bertz CT molecular complexity index is 1040. The van der Waals surface area contributed by atoms with Crippen molar-refractivity contribution < 1.29 is 13.2 Å². The summed E-state index contributed by atoms with van der Waals surface area (Å²) in [6, 6.07) is 8.44. The minimum atomic E-state index is -3.82. The molecule has 0 aromatic carbocycles. The molecule has 1 unspecified atom stereocenters. The molecule has 0 amide bonds. The van der Waals surface area contributed by atoms with Crippen molar-refractivity contribution in [1.82, 2.24) is 13.9 Å². The van der Waals surface area contributed by atoms with Gasteiger partial charge in [-0.15, -0.1) is 0 Å². The predicted octanol–water partition coefficient (Wildman–Crippen LogP) is 2.69. The highest BCUT2D eigenvalue weighted by molar-refractivity contribution is 7.90. The summed E-state index contributed by atoms with van der Waals surface area (Å²) in [6.07, 6.45) is 6.37. The van der Waals surface area contributed by atoms with Crippen molar-refractivity contribution in [1.29, 1.82) is 0 Å². The van der Waals surface area contributed by atoms with Gasteiger partial charge in [0.05, 0.1) is 6.61 Å². The Labute approximate surface area is 139 Å². The summed E-state index contributed by atoms with van der Waals surface area (Å²) in [7, 11) is -3.82. The van der Waals surface area contributed by atoms with E-state index in [4.69, 9.17) is 4.74 Å². The normalized spacial score (nSPS) is 18.0. The minimum Gasteiger partial charge on any atom is -0.365 e. The van der Waals surface area contributed by atoms with Crippen molar-refractivity contribution in [2.24, 2.45) is 0 Å². The summed E-state index contributed by atoms with van der Waals surface area (Å²) >= 11 is 0. The van der Waals surface area contributed by atoms with Crippen LogP contribution in [0.2, 0.25) is 0 Å². The van der Waals surface area contributed by atoms with Crippen LogP contribution in [0, 0.1) is 0 Å². The molecule has 0 aliphatic carbocycles. The molecule has 0 spiro atoms. The second-order valence-corrected chi connectivity index (χ2v) is 7.35. The number of fused-ring (bicyclic) bond motifs is 1. The summed E-state index contributed by atoms with van der Waals surface area (Å²) in [6.45, 7) is 2.50. The molecule has 0 radical (unpaired) electrons. The summed E-state index contributed by atoms with van der Waals surface area (Å²) < 4.78 is 32.9. The average molecular weight is 341 g/mol. The van der Waals surface area contributed by atoms with Crippen molar-refractivity contribution in [2.75, 3.05) is 6.61 Å². The molecule has 1 aliphatic rings. The van der Waals surface area contributed by atoms with Crippen LogP contribution < -0.4 is 0 Å². The van der Waals surface area contributed by atoms with E-state index >= 15 is 0 Å². The van der Waals surface area contributed by atoms with Crippen LogP contribution in [0.5, 0.6) is 0 Å². The van der Waals surface area contributed by atoms with E-state index in [1.165, 1.54) is 16.2 Å². The van der Waals surface area contributed by atoms with Crippen LogP contribution in [0.3, 0.4) is 0 Å². The summed E-state index contributed by atoms with van der Waals surface area (Å²) in [5.41, 5.74) is 2.23. The van der Waals surface area contributed by atoms with E-state index in [2.05, 4.69) is 9.97 Å². The fourth-order valence-electron chi connectivity index (χ4n) is 2.90. The molecule has 4 rings (SSSR count). The van der Waals surface area contributed by atoms with Gasteiger partial charge in [0.2, 0.25) is 0 Å². The van der Waals surface area contributed by atoms with Crippen molar-refractivity contribution in [3.05, 3.63) is 66.1 Å². The smallest absolute Gasteiger partial charge is 0.286 e. The number of nitrogens with zero attached hydrogens (tertiary/aromatic N) is 3. The molecular weight excluding hydrogens is 326 g/mol. The molecule has 1 aliphatic heterocycles. The van der Waals surface area contributed by atoms with Gasteiger partial charge in [0.1, 0.15) is 6.10 Å². The SMILES string of the molecule is CC1=CCOC1c1cn(S(=O)(=O)c2ccccn2)c2ncccc12. The van der Waals surface area contributed by atoms with Gasteiger partial charge in [0, 0.05) is 29.5 Å². The zero-order valence-corrected chi connectivity index (χ0v) is 13.8. The Hall–Kier alpha value is -2.51. The van der Waals surface area contributed by atoms with E-state index < -0.39 is 10.0 Å². The molecule has 122 valence electrons. The fraction of sp³-hybridized carbons (Fsp3) is 0.176. The molecule has 0 N–H and O–H groups in total. The first kappa shape index (κ1) is 15.0. The lowest BCUT2D eigenvalue weighted by atomic mass is 10.0. The van der Waals surface area contributed by atoms with Crippen LogP contribution in [0.15, 0.2) is 65.6 Å². The van der Waals surface area contributed by atoms with Gasteiger partial charge in [-0.3, -0.25) is 0 Å². The van der Waals surface area contributed by atoms with E-state index in [1.54, 1.807) is 30.6 Å². The molecule has 7 heteroatoms. The second-order valence-electron chi connectivity index (χ2n) is 5.59. The molecule has 0 saturated carbocycles. The topological polar surface area (TPSA) is 74.1 Å². The van der Waals surface area contributed by atoms with Crippen molar-refractivity contribution in [3.8, 4) is 0 Å². The van der Waals surface area contributed by atoms with E-state index in [1.807, 2.05) is 19.1 Å². The quantitative estimate of drug-likeness (QED) is 0.685. The number of rotatable bonds is 3. The van der Waals surface area contributed by atoms with Crippen molar-refractivity contribution >= 4 is 21.1 Å². The molecule has 1 atom stereocenters. The highest BCUT2D eigenvalue weighted by Crippen LogP contribution is 2.36. The Kier molecular flexibility index (Phi) is 3.47. The van der Waals surface area contributed by atoms with Crippen LogP contribution in [0.1, 0.15) is 18.6 Å². The highest BCUT2D eigenvalue weighted by Gasteiger charge is 2.28. The molecular formula is C17H15N3O3S. The second kappa shape index (κ2) is 5.54. The third-order valence-corrected chi connectivity index (χ3v) is 5.65. The Morgan fingerprint density at radius 2 is 2.00 bits per heavy atom. The molecule has 0 bridgehead atoms. The van der Waals surface area contributed by atoms with Crippen LogP contribution in [0.4, 0.5) is 0 Å². The third kappa shape index (κ3) is 2.24.